The first-order valence-corrected chi connectivity index (χ1v) is 10.2. The van der Waals surface area contributed by atoms with Crippen LogP contribution in [0.1, 0.15) is 39.0 Å². The number of nitrogens with one attached hydrogen (secondary N) is 2. The maximum atomic E-state index is 5.81. The molecule has 2 aliphatic heterocycles. The molecule has 6 nitrogen and oxygen atoms in total. The molecule has 0 unspecified atom stereocenters. The molecule has 0 bridgehead atoms. The maximum Gasteiger partial charge on any atom is 0.191 e. The van der Waals surface area contributed by atoms with Crippen LogP contribution in [-0.4, -0.2) is 76.6 Å². The van der Waals surface area contributed by atoms with Crippen molar-refractivity contribution in [2.75, 3.05) is 59.7 Å². The predicted octanol–water partition coefficient (Wildman–Crippen LogP) is 2.64. The lowest BCUT2D eigenvalue weighted by atomic mass is 10.0. The average Bonchev–Trinajstić information content (AvgIpc) is 2.65. The fraction of sp³-hybridized carbons (Fsp3) is 0.850. The number of hydrogen-bond acceptors (Lipinski definition) is 4. The molecule has 0 aromatic carbocycles. The number of aliphatic imine (C=N–C) groups is 1. The summed E-state index contributed by atoms with van der Waals surface area (Å²) in [6.45, 7) is 13.7. The highest BCUT2D eigenvalue weighted by molar-refractivity contribution is 14.0. The normalized spacial score (nSPS) is 20.1. The van der Waals surface area contributed by atoms with Crippen molar-refractivity contribution in [3.05, 3.63) is 12.2 Å². The molecule has 158 valence electrons. The molecule has 0 saturated carbocycles. The van der Waals surface area contributed by atoms with Crippen LogP contribution in [0.2, 0.25) is 0 Å². The molecule has 7 heteroatoms. The van der Waals surface area contributed by atoms with E-state index in [-0.39, 0.29) is 24.0 Å². The molecule has 2 saturated heterocycles. The molecular formula is C20H39IN4O2. The second-order valence-electron chi connectivity index (χ2n) is 7.64. The van der Waals surface area contributed by atoms with Crippen molar-refractivity contribution in [2.45, 2.75) is 45.1 Å². The largest absolute Gasteiger partial charge is 0.381 e. The Balaban J connectivity index is 0.00000364. The van der Waals surface area contributed by atoms with Crippen LogP contribution in [0.4, 0.5) is 0 Å². The minimum Gasteiger partial charge on any atom is -0.381 e. The van der Waals surface area contributed by atoms with Crippen molar-refractivity contribution in [2.24, 2.45) is 10.9 Å². The zero-order valence-electron chi connectivity index (χ0n) is 17.2. The zero-order valence-corrected chi connectivity index (χ0v) is 19.5. The Morgan fingerprint density at radius 2 is 1.93 bits per heavy atom. The number of guanidine groups is 1. The Kier molecular flexibility index (Phi) is 13.3. The van der Waals surface area contributed by atoms with E-state index in [1.54, 1.807) is 0 Å². The second kappa shape index (κ2) is 14.6. The van der Waals surface area contributed by atoms with Gasteiger partial charge in [-0.15, -0.1) is 24.0 Å². The van der Waals surface area contributed by atoms with Crippen molar-refractivity contribution in [1.29, 1.82) is 0 Å². The van der Waals surface area contributed by atoms with Crippen molar-refractivity contribution >= 4 is 29.9 Å². The van der Waals surface area contributed by atoms with Crippen LogP contribution in [0.5, 0.6) is 0 Å². The number of halogens is 1. The van der Waals surface area contributed by atoms with E-state index >= 15 is 0 Å². The first-order valence-electron chi connectivity index (χ1n) is 10.2. The summed E-state index contributed by atoms with van der Waals surface area (Å²) < 4.78 is 11.2. The monoisotopic (exact) mass is 494 g/mol. The molecule has 0 spiro atoms. The lowest BCUT2D eigenvalue weighted by Gasteiger charge is -2.33. The van der Waals surface area contributed by atoms with Gasteiger partial charge in [-0.3, -0.25) is 9.89 Å². The van der Waals surface area contributed by atoms with E-state index < -0.39 is 0 Å². The molecule has 2 aliphatic rings. The third kappa shape index (κ3) is 10.7. The summed E-state index contributed by atoms with van der Waals surface area (Å²) in [6, 6.07) is 0.507. The summed E-state index contributed by atoms with van der Waals surface area (Å²) in [5.74, 6) is 1.59. The smallest absolute Gasteiger partial charge is 0.191 e. The number of nitrogens with zero attached hydrogens (tertiary/aromatic N) is 2. The van der Waals surface area contributed by atoms with Crippen LogP contribution in [0.15, 0.2) is 17.1 Å². The van der Waals surface area contributed by atoms with E-state index in [2.05, 4.69) is 34.0 Å². The van der Waals surface area contributed by atoms with Gasteiger partial charge in [0.25, 0.3) is 0 Å². The highest BCUT2D eigenvalue weighted by Crippen LogP contribution is 2.14. The number of likely N-dealkylation sites (tertiary alicyclic amines) is 1. The van der Waals surface area contributed by atoms with Gasteiger partial charge in [-0.2, -0.15) is 0 Å². The van der Waals surface area contributed by atoms with Crippen molar-refractivity contribution in [3.63, 3.8) is 0 Å². The lowest BCUT2D eigenvalue weighted by molar-refractivity contribution is 0.0203. The van der Waals surface area contributed by atoms with E-state index in [4.69, 9.17) is 9.47 Å². The Morgan fingerprint density at radius 1 is 1.22 bits per heavy atom. The minimum atomic E-state index is 0. The molecule has 2 fully saturated rings. The number of hydrogen-bond donors (Lipinski definition) is 2. The quantitative estimate of drug-likeness (QED) is 0.170. The molecule has 2 N–H and O–H groups in total. The Bertz CT molecular complexity index is 434. The van der Waals surface area contributed by atoms with Crippen LogP contribution < -0.4 is 10.6 Å². The third-order valence-corrected chi connectivity index (χ3v) is 5.10. The van der Waals surface area contributed by atoms with Gasteiger partial charge in [0.1, 0.15) is 0 Å². The first-order chi connectivity index (χ1) is 12.7. The van der Waals surface area contributed by atoms with Gasteiger partial charge in [-0.25, -0.2) is 0 Å². The Hall–Kier alpha value is -0.380. The van der Waals surface area contributed by atoms with Crippen LogP contribution in [0.25, 0.3) is 0 Å². The molecular weight excluding hydrogens is 455 g/mol. The summed E-state index contributed by atoms with van der Waals surface area (Å²) in [7, 11) is 1.84. The van der Waals surface area contributed by atoms with Gasteiger partial charge in [0.15, 0.2) is 5.96 Å². The molecule has 0 aliphatic carbocycles. The maximum absolute atomic E-state index is 5.81. The minimum absolute atomic E-state index is 0. The fourth-order valence-electron chi connectivity index (χ4n) is 3.55. The Morgan fingerprint density at radius 3 is 2.56 bits per heavy atom. The number of piperidine rings is 1. The SMILES string of the molecule is C=C(C)CN1CCC(NC(=NC)NCCCOCC2CCOCC2)CC1.I. The van der Waals surface area contributed by atoms with Crippen molar-refractivity contribution in [1.82, 2.24) is 15.5 Å². The highest BCUT2D eigenvalue weighted by Gasteiger charge is 2.19. The molecule has 0 aromatic rings. The van der Waals surface area contributed by atoms with E-state index in [0.717, 1.165) is 90.7 Å². The predicted molar refractivity (Wildman–Crippen MR) is 123 cm³/mol. The van der Waals surface area contributed by atoms with E-state index in [1.165, 1.54) is 5.57 Å². The summed E-state index contributed by atoms with van der Waals surface area (Å²) in [4.78, 5) is 6.83. The van der Waals surface area contributed by atoms with Crippen LogP contribution in [0.3, 0.4) is 0 Å². The standard InChI is InChI=1S/C20H38N4O2.HI/c1-17(2)15-24-10-5-19(6-11-24)23-20(21-3)22-9-4-12-26-16-18-7-13-25-14-8-18;/h18-19H,1,4-16H2,2-3H3,(H2,21,22,23);1H. The van der Waals surface area contributed by atoms with Gasteiger partial charge in [0.2, 0.25) is 0 Å². The summed E-state index contributed by atoms with van der Waals surface area (Å²) in [6.07, 6.45) is 5.59. The third-order valence-electron chi connectivity index (χ3n) is 5.10. The van der Waals surface area contributed by atoms with Gasteiger partial charge >= 0.3 is 0 Å². The van der Waals surface area contributed by atoms with Crippen LogP contribution in [0, 0.1) is 5.92 Å². The highest BCUT2D eigenvalue weighted by atomic mass is 127. The summed E-state index contributed by atoms with van der Waals surface area (Å²) in [5.41, 5.74) is 1.24. The topological polar surface area (TPSA) is 58.1 Å². The van der Waals surface area contributed by atoms with E-state index in [1.807, 2.05) is 7.05 Å². The first kappa shape index (κ1) is 24.7. The van der Waals surface area contributed by atoms with Gasteiger partial charge in [-0.1, -0.05) is 12.2 Å². The summed E-state index contributed by atoms with van der Waals surface area (Å²) >= 11 is 0. The average molecular weight is 494 g/mol. The fourth-order valence-corrected chi connectivity index (χ4v) is 3.55. The lowest BCUT2D eigenvalue weighted by Crippen LogP contribution is -2.49. The summed E-state index contributed by atoms with van der Waals surface area (Å²) in [5, 5.41) is 6.97. The van der Waals surface area contributed by atoms with Crippen LogP contribution >= 0.6 is 24.0 Å². The van der Waals surface area contributed by atoms with E-state index in [0.29, 0.717) is 12.0 Å². The van der Waals surface area contributed by atoms with E-state index in [9.17, 15) is 0 Å². The van der Waals surface area contributed by atoms with Gasteiger partial charge in [0.05, 0.1) is 0 Å². The van der Waals surface area contributed by atoms with Gasteiger partial charge in [0, 0.05) is 65.7 Å². The molecule has 2 rings (SSSR count). The molecule has 0 radical (unpaired) electrons. The molecule has 2 heterocycles. The molecule has 0 amide bonds. The van der Waals surface area contributed by atoms with Crippen molar-refractivity contribution in [3.8, 4) is 0 Å². The number of rotatable bonds is 9. The molecule has 27 heavy (non-hydrogen) atoms. The van der Waals surface area contributed by atoms with Crippen molar-refractivity contribution < 1.29 is 9.47 Å². The van der Waals surface area contributed by atoms with Gasteiger partial charge < -0.3 is 20.1 Å². The zero-order chi connectivity index (χ0) is 18.6. The van der Waals surface area contributed by atoms with Crippen LogP contribution in [-0.2, 0) is 9.47 Å². The van der Waals surface area contributed by atoms with Gasteiger partial charge in [-0.05, 0) is 44.9 Å². The molecule has 0 atom stereocenters. The Labute approximate surface area is 182 Å². The molecule has 0 aromatic heterocycles. The number of ether oxygens (including phenoxy) is 2. The second-order valence-corrected chi connectivity index (χ2v) is 7.64.